The number of nitrogens with one attached hydrogen (secondary N) is 2. The first-order valence-corrected chi connectivity index (χ1v) is 13.3. The summed E-state index contributed by atoms with van der Waals surface area (Å²) in [5.41, 5.74) is 0.820. The zero-order valence-corrected chi connectivity index (χ0v) is 20.2. The quantitative estimate of drug-likeness (QED) is 0.484. The number of rotatable bonds is 11. The van der Waals surface area contributed by atoms with Crippen molar-refractivity contribution in [2.24, 2.45) is 11.8 Å². The van der Waals surface area contributed by atoms with Crippen molar-refractivity contribution in [1.82, 2.24) is 15.5 Å². The maximum atomic E-state index is 12.6. The van der Waals surface area contributed by atoms with Crippen molar-refractivity contribution in [3.63, 3.8) is 0 Å². The molecule has 3 unspecified atom stereocenters. The molecule has 0 saturated carbocycles. The molecule has 9 heteroatoms. The highest BCUT2D eigenvalue weighted by atomic mass is 32.2. The van der Waals surface area contributed by atoms with E-state index in [1.165, 1.54) is 6.42 Å². The van der Waals surface area contributed by atoms with E-state index in [0.29, 0.717) is 18.4 Å². The van der Waals surface area contributed by atoms with E-state index in [1.807, 2.05) is 30.3 Å². The van der Waals surface area contributed by atoms with Gasteiger partial charge in [0.1, 0.15) is 22.5 Å². The van der Waals surface area contributed by atoms with Crippen LogP contribution in [0.2, 0.25) is 0 Å². The molecule has 2 amide bonds. The second-order valence-corrected chi connectivity index (χ2v) is 11.3. The van der Waals surface area contributed by atoms with Crippen LogP contribution in [0.3, 0.4) is 0 Å². The van der Waals surface area contributed by atoms with Crippen LogP contribution in [-0.4, -0.2) is 69.5 Å². The van der Waals surface area contributed by atoms with E-state index in [9.17, 15) is 18.0 Å². The SMILES string of the molecule is CC1CC(C)CN(CCCNC(=O)C(CCS(C)(=O)=O)NC(=O)OCc2ccccc2)C1. The fourth-order valence-electron chi connectivity index (χ4n) is 4.12. The molecule has 3 atom stereocenters. The van der Waals surface area contributed by atoms with Gasteiger partial charge in [0, 0.05) is 25.9 Å². The fraction of sp³-hybridized carbons (Fsp3) is 0.652. The molecule has 32 heavy (non-hydrogen) atoms. The van der Waals surface area contributed by atoms with Gasteiger partial charge in [-0.25, -0.2) is 13.2 Å². The summed E-state index contributed by atoms with van der Waals surface area (Å²) in [4.78, 5) is 27.2. The van der Waals surface area contributed by atoms with Crippen molar-refractivity contribution in [3.05, 3.63) is 35.9 Å². The van der Waals surface area contributed by atoms with Gasteiger partial charge in [0.25, 0.3) is 0 Å². The van der Waals surface area contributed by atoms with Crippen molar-refractivity contribution in [3.8, 4) is 0 Å². The summed E-state index contributed by atoms with van der Waals surface area (Å²) in [6.07, 6.45) is 2.39. The number of piperidine rings is 1. The van der Waals surface area contributed by atoms with Gasteiger partial charge in [-0.2, -0.15) is 0 Å². The maximum absolute atomic E-state index is 12.6. The van der Waals surface area contributed by atoms with Gasteiger partial charge in [-0.05, 0) is 43.2 Å². The molecule has 0 aromatic heterocycles. The minimum absolute atomic E-state index is 0.00768. The van der Waals surface area contributed by atoms with Crippen molar-refractivity contribution in [2.45, 2.75) is 45.8 Å². The highest BCUT2D eigenvalue weighted by Gasteiger charge is 2.24. The molecular formula is C23H37N3O5S. The molecule has 1 aromatic carbocycles. The first-order valence-electron chi connectivity index (χ1n) is 11.3. The highest BCUT2D eigenvalue weighted by Crippen LogP contribution is 2.20. The summed E-state index contributed by atoms with van der Waals surface area (Å²) < 4.78 is 28.3. The number of nitrogens with zero attached hydrogens (tertiary/aromatic N) is 1. The lowest BCUT2D eigenvalue weighted by atomic mass is 9.92. The van der Waals surface area contributed by atoms with Crippen molar-refractivity contribution < 1.29 is 22.7 Å². The van der Waals surface area contributed by atoms with Crippen LogP contribution in [0, 0.1) is 11.8 Å². The molecular weight excluding hydrogens is 430 g/mol. The van der Waals surface area contributed by atoms with E-state index in [1.54, 1.807) is 0 Å². The Labute approximate surface area is 192 Å². The molecule has 2 N–H and O–H groups in total. The average molecular weight is 468 g/mol. The number of likely N-dealkylation sites (tertiary alicyclic amines) is 1. The Morgan fingerprint density at radius 1 is 1.16 bits per heavy atom. The molecule has 1 saturated heterocycles. The fourth-order valence-corrected chi connectivity index (χ4v) is 4.78. The summed E-state index contributed by atoms with van der Waals surface area (Å²) in [5, 5.41) is 5.34. The normalized spacial score (nSPS) is 20.3. The van der Waals surface area contributed by atoms with E-state index in [2.05, 4.69) is 29.4 Å². The number of alkyl carbamates (subject to hydrolysis) is 1. The van der Waals surface area contributed by atoms with Gasteiger partial charge in [0.05, 0.1) is 5.75 Å². The smallest absolute Gasteiger partial charge is 0.408 e. The zero-order valence-electron chi connectivity index (χ0n) is 19.4. The zero-order chi connectivity index (χ0) is 23.6. The lowest BCUT2D eigenvalue weighted by molar-refractivity contribution is -0.123. The van der Waals surface area contributed by atoms with E-state index < -0.39 is 27.9 Å². The largest absolute Gasteiger partial charge is 0.445 e. The lowest BCUT2D eigenvalue weighted by Crippen LogP contribution is -2.48. The Hall–Kier alpha value is -2.13. The monoisotopic (exact) mass is 467 g/mol. The standard InChI is InChI=1S/C23H37N3O5S/c1-18-14-19(2)16-26(15-18)12-7-11-24-22(27)21(10-13-32(3,29)30)25-23(28)31-17-20-8-5-4-6-9-20/h4-6,8-9,18-19,21H,7,10-17H2,1-3H3,(H,24,27)(H,25,28). The van der Waals surface area contributed by atoms with Crippen LogP contribution >= 0.6 is 0 Å². The molecule has 8 nitrogen and oxygen atoms in total. The van der Waals surface area contributed by atoms with Crippen molar-refractivity contribution >= 4 is 21.8 Å². The number of hydrogen-bond donors (Lipinski definition) is 2. The van der Waals surface area contributed by atoms with Gasteiger partial charge in [0.15, 0.2) is 0 Å². The number of carbonyl (C=O) groups is 2. The third-order valence-corrected chi connectivity index (χ3v) is 6.47. The third kappa shape index (κ3) is 10.5. The van der Waals surface area contributed by atoms with Crippen LogP contribution in [0.5, 0.6) is 0 Å². The van der Waals surface area contributed by atoms with E-state index in [0.717, 1.165) is 37.9 Å². The van der Waals surface area contributed by atoms with Crippen LogP contribution < -0.4 is 10.6 Å². The summed E-state index contributed by atoms with van der Waals surface area (Å²) in [6, 6.07) is 8.22. The third-order valence-electron chi connectivity index (χ3n) is 5.49. The molecule has 0 bridgehead atoms. The molecule has 0 aliphatic carbocycles. The average Bonchev–Trinajstić information content (AvgIpc) is 2.72. The van der Waals surface area contributed by atoms with Crippen LogP contribution in [0.1, 0.15) is 38.7 Å². The predicted molar refractivity (Wildman–Crippen MR) is 125 cm³/mol. The molecule has 1 aliphatic rings. The van der Waals surface area contributed by atoms with Gasteiger partial charge in [0.2, 0.25) is 5.91 Å². The van der Waals surface area contributed by atoms with Gasteiger partial charge in [-0.1, -0.05) is 44.2 Å². The molecule has 0 spiro atoms. The molecule has 1 aliphatic heterocycles. The summed E-state index contributed by atoms with van der Waals surface area (Å²) in [6.45, 7) is 8.11. The summed E-state index contributed by atoms with van der Waals surface area (Å²) >= 11 is 0. The summed E-state index contributed by atoms with van der Waals surface area (Å²) in [5.74, 6) is 0.762. The van der Waals surface area contributed by atoms with E-state index in [4.69, 9.17) is 4.74 Å². The van der Waals surface area contributed by atoms with Crippen LogP contribution in [0.15, 0.2) is 30.3 Å². The van der Waals surface area contributed by atoms with Crippen molar-refractivity contribution in [2.75, 3.05) is 38.2 Å². The van der Waals surface area contributed by atoms with E-state index in [-0.39, 0.29) is 18.8 Å². The Morgan fingerprint density at radius 2 is 1.81 bits per heavy atom. The Bertz CT molecular complexity index is 821. The van der Waals surface area contributed by atoms with Gasteiger partial charge < -0.3 is 20.3 Å². The molecule has 180 valence electrons. The number of ether oxygens (including phenoxy) is 1. The second-order valence-electron chi connectivity index (χ2n) is 9.03. The molecule has 1 aromatic rings. The maximum Gasteiger partial charge on any atom is 0.408 e. The topological polar surface area (TPSA) is 105 Å². The van der Waals surface area contributed by atoms with Gasteiger partial charge in [-0.15, -0.1) is 0 Å². The van der Waals surface area contributed by atoms with E-state index >= 15 is 0 Å². The van der Waals surface area contributed by atoms with Crippen LogP contribution in [0.25, 0.3) is 0 Å². The Kier molecular flexibility index (Phi) is 10.4. The molecule has 0 radical (unpaired) electrons. The number of sulfone groups is 1. The van der Waals surface area contributed by atoms with Gasteiger partial charge in [-0.3, -0.25) is 4.79 Å². The van der Waals surface area contributed by atoms with Gasteiger partial charge >= 0.3 is 6.09 Å². The first kappa shape index (κ1) is 26.1. The molecule has 2 rings (SSSR count). The highest BCUT2D eigenvalue weighted by molar-refractivity contribution is 7.90. The minimum Gasteiger partial charge on any atom is -0.445 e. The number of amides is 2. The van der Waals surface area contributed by atoms with Crippen LogP contribution in [0.4, 0.5) is 4.79 Å². The first-order chi connectivity index (χ1) is 15.1. The summed E-state index contributed by atoms with van der Waals surface area (Å²) in [7, 11) is -3.27. The Balaban J connectivity index is 1.80. The van der Waals surface area contributed by atoms with Crippen molar-refractivity contribution in [1.29, 1.82) is 0 Å². The van der Waals surface area contributed by atoms with Crippen LogP contribution in [-0.2, 0) is 26.0 Å². The molecule has 1 fully saturated rings. The second kappa shape index (κ2) is 12.8. The number of carbonyl (C=O) groups excluding carboxylic acids is 2. The number of benzene rings is 1. The Morgan fingerprint density at radius 3 is 2.44 bits per heavy atom. The number of hydrogen-bond acceptors (Lipinski definition) is 6. The predicted octanol–water partition coefficient (Wildman–Crippen LogP) is 2.20. The lowest BCUT2D eigenvalue weighted by Gasteiger charge is -2.35. The molecule has 1 heterocycles. The minimum atomic E-state index is -3.27.